The van der Waals surface area contributed by atoms with Crippen molar-refractivity contribution in [3.63, 3.8) is 0 Å². The molecule has 1 fully saturated rings. The zero-order valence-electron chi connectivity index (χ0n) is 12.4. The van der Waals surface area contributed by atoms with E-state index >= 15 is 0 Å². The number of halogens is 1. The van der Waals surface area contributed by atoms with Crippen LogP contribution in [0.4, 0.5) is 0 Å². The van der Waals surface area contributed by atoms with Gasteiger partial charge in [0.05, 0.1) is 10.9 Å². The van der Waals surface area contributed by atoms with Crippen molar-refractivity contribution in [1.82, 2.24) is 15.4 Å². The molecule has 1 aliphatic rings. The molecule has 0 bridgehead atoms. The standard InChI is InChI=1S/C14H21N3O3S.ClH/c1-11(14(18)16-12-6-5-9-15-10-12)17-21(19,20)13-7-3-2-4-8-13;/h2-4,7-8,11-12,15,17H,5-6,9-10H2,1H3,(H,16,18);1H/t11?,12-;/m0./s1. The average Bonchev–Trinajstić information content (AvgIpc) is 2.48. The predicted molar refractivity (Wildman–Crippen MR) is 87.5 cm³/mol. The second-order valence-corrected chi connectivity index (χ2v) is 6.92. The van der Waals surface area contributed by atoms with Crippen LogP contribution in [0.25, 0.3) is 0 Å². The molecule has 124 valence electrons. The smallest absolute Gasteiger partial charge is 0.241 e. The van der Waals surface area contributed by atoms with E-state index in [9.17, 15) is 13.2 Å². The van der Waals surface area contributed by atoms with Crippen LogP contribution >= 0.6 is 12.4 Å². The van der Waals surface area contributed by atoms with Gasteiger partial charge in [0.1, 0.15) is 0 Å². The van der Waals surface area contributed by atoms with Gasteiger partial charge in [-0.25, -0.2) is 8.42 Å². The second kappa shape index (κ2) is 8.47. The third-order valence-electron chi connectivity index (χ3n) is 3.42. The Morgan fingerprint density at radius 3 is 2.59 bits per heavy atom. The summed E-state index contributed by atoms with van der Waals surface area (Å²) in [5, 5.41) is 6.06. The van der Waals surface area contributed by atoms with Gasteiger partial charge in [-0.15, -0.1) is 12.4 Å². The molecule has 2 atom stereocenters. The van der Waals surface area contributed by atoms with Crippen LogP contribution in [-0.4, -0.2) is 39.5 Å². The zero-order valence-corrected chi connectivity index (χ0v) is 14.0. The molecule has 2 rings (SSSR count). The molecule has 0 aromatic heterocycles. The lowest BCUT2D eigenvalue weighted by Gasteiger charge is -2.25. The SMILES string of the molecule is CC(NS(=O)(=O)c1ccccc1)C(=O)N[C@H]1CCCNC1.Cl. The first kappa shape index (κ1) is 18.9. The Morgan fingerprint density at radius 2 is 2.00 bits per heavy atom. The van der Waals surface area contributed by atoms with Gasteiger partial charge in [0.2, 0.25) is 15.9 Å². The largest absolute Gasteiger partial charge is 0.351 e. The molecule has 1 aromatic carbocycles. The highest BCUT2D eigenvalue weighted by Gasteiger charge is 2.24. The normalized spacial score (nSPS) is 19.8. The number of nitrogens with one attached hydrogen (secondary N) is 3. The first-order valence-electron chi connectivity index (χ1n) is 7.07. The summed E-state index contributed by atoms with van der Waals surface area (Å²) < 4.78 is 26.7. The van der Waals surface area contributed by atoms with Crippen LogP contribution in [0, 0.1) is 0 Å². The Kier molecular flexibility index (Phi) is 7.28. The van der Waals surface area contributed by atoms with E-state index < -0.39 is 16.1 Å². The first-order chi connectivity index (χ1) is 9.99. The minimum absolute atomic E-state index is 0. The third-order valence-corrected chi connectivity index (χ3v) is 4.98. The Morgan fingerprint density at radius 1 is 1.32 bits per heavy atom. The monoisotopic (exact) mass is 347 g/mol. The molecular weight excluding hydrogens is 326 g/mol. The van der Waals surface area contributed by atoms with Gasteiger partial charge in [0.25, 0.3) is 0 Å². The van der Waals surface area contributed by atoms with Gasteiger partial charge in [-0.3, -0.25) is 4.79 Å². The Bertz CT molecular complexity index is 574. The van der Waals surface area contributed by atoms with E-state index in [1.165, 1.54) is 12.1 Å². The quantitative estimate of drug-likeness (QED) is 0.729. The number of hydrogen-bond acceptors (Lipinski definition) is 4. The maximum absolute atomic E-state index is 12.1. The van der Waals surface area contributed by atoms with E-state index in [1.54, 1.807) is 25.1 Å². The summed E-state index contributed by atoms with van der Waals surface area (Å²) in [5.74, 6) is -0.303. The summed E-state index contributed by atoms with van der Waals surface area (Å²) in [6.07, 6.45) is 1.92. The number of sulfonamides is 1. The van der Waals surface area contributed by atoms with Gasteiger partial charge in [0, 0.05) is 12.6 Å². The van der Waals surface area contributed by atoms with Gasteiger partial charge < -0.3 is 10.6 Å². The van der Waals surface area contributed by atoms with E-state index in [1.807, 2.05) is 0 Å². The Labute approximate surface area is 137 Å². The zero-order chi connectivity index (χ0) is 15.3. The summed E-state index contributed by atoms with van der Waals surface area (Å²) in [6.45, 7) is 3.23. The molecule has 1 aliphatic heterocycles. The van der Waals surface area contributed by atoms with E-state index in [-0.39, 0.29) is 29.3 Å². The first-order valence-corrected chi connectivity index (χ1v) is 8.56. The van der Waals surface area contributed by atoms with Crippen molar-refractivity contribution in [2.24, 2.45) is 0 Å². The van der Waals surface area contributed by atoms with Crippen molar-refractivity contribution in [2.75, 3.05) is 13.1 Å². The maximum Gasteiger partial charge on any atom is 0.241 e. The van der Waals surface area contributed by atoms with Crippen LogP contribution in [0.2, 0.25) is 0 Å². The summed E-state index contributed by atoms with van der Waals surface area (Å²) in [7, 11) is -3.67. The molecule has 3 N–H and O–H groups in total. The number of carbonyl (C=O) groups is 1. The van der Waals surface area contributed by atoms with Crippen LogP contribution in [0.5, 0.6) is 0 Å². The highest BCUT2D eigenvalue weighted by molar-refractivity contribution is 7.89. The lowest BCUT2D eigenvalue weighted by molar-refractivity contribution is -0.123. The number of carbonyl (C=O) groups excluding carboxylic acids is 1. The van der Waals surface area contributed by atoms with E-state index in [2.05, 4.69) is 15.4 Å². The fourth-order valence-corrected chi connectivity index (χ4v) is 3.48. The summed E-state index contributed by atoms with van der Waals surface area (Å²) in [6, 6.07) is 7.29. The molecule has 6 nitrogen and oxygen atoms in total. The van der Waals surface area contributed by atoms with Crippen LogP contribution < -0.4 is 15.4 Å². The lowest BCUT2D eigenvalue weighted by atomic mass is 10.1. The van der Waals surface area contributed by atoms with Gasteiger partial charge in [-0.1, -0.05) is 18.2 Å². The summed E-state index contributed by atoms with van der Waals surface area (Å²) >= 11 is 0. The Hall–Kier alpha value is -1.15. The fourth-order valence-electron chi connectivity index (χ4n) is 2.26. The third kappa shape index (κ3) is 5.24. The highest BCUT2D eigenvalue weighted by atomic mass is 35.5. The summed E-state index contributed by atoms with van der Waals surface area (Å²) in [4.78, 5) is 12.2. The molecule has 8 heteroatoms. The van der Waals surface area contributed by atoms with Gasteiger partial charge in [0.15, 0.2) is 0 Å². The van der Waals surface area contributed by atoms with Crippen LogP contribution in [0.3, 0.4) is 0 Å². The molecule has 0 radical (unpaired) electrons. The Balaban J connectivity index is 0.00000242. The molecule has 1 saturated heterocycles. The van der Waals surface area contributed by atoms with Crippen molar-refractivity contribution in [3.8, 4) is 0 Å². The molecule has 1 aromatic rings. The highest BCUT2D eigenvalue weighted by Crippen LogP contribution is 2.08. The van der Waals surface area contributed by atoms with E-state index in [4.69, 9.17) is 0 Å². The maximum atomic E-state index is 12.1. The number of hydrogen-bond donors (Lipinski definition) is 3. The van der Waals surface area contributed by atoms with Gasteiger partial charge in [-0.05, 0) is 38.4 Å². The van der Waals surface area contributed by atoms with Crippen LogP contribution in [0.15, 0.2) is 35.2 Å². The predicted octanol–water partition coefficient (Wildman–Crippen LogP) is 0.643. The van der Waals surface area contributed by atoms with Crippen LogP contribution in [-0.2, 0) is 14.8 Å². The molecule has 1 amide bonds. The number of rotatable bonds is 5. The fraction of sp³-hybridized carbons (Fsp3) is 0.500. The topological polar surface area (TPSA) is 87.3 Å². The molecular formula is C14H22ClN3O3S. The minimum Gasteiger partial charge on any atom is -0.351 e. The molecule has 1 unspecified atom stereocenters. The number of amides is 1. The number of benzene rings is 1. The second-order valence-electron chi connectivity index (χ2n) is 5.21. The lowest BCUT2D eigenvalue weighted by Crippen LogP contribution is -2.52. The minimum atomic E-state index is -3.67. The van der Waals surface area contributed by atoms with E-state index in [0.29, 0.717) is 0 Å². The van der Waals surface area contributed by atoms with Crippen molar-refractivity contribution < 1.29 is 13.2 Å². The average molecular weight is 348 g/mol. The summed E-state index contributed by atoms with van der Waals surface area (Å²) in [5.41, 5.74) is 0. The number of piperidine rings is 1. The van der Waals surface area contributed by atoms with Crippen molar-refractivity contribution >= 4 is 28.3 Å². The van der Waals surface area contributed by atoms with Crippen molar-refractivity contribution in [2.45, 2.75) is 36.7 Å². The van der Waals surface area contributed by atoms with Crippen molar-refractivity contribution in [3.05, 3.63) is 30.3 Å². The van der Waals surface area contributed by atoms with Crippen LogP contribution in [0.1, 0.15) is 19.8 Å². The molecule has 0 spiro atoms. The molecule has 1 heterocycles. The van der Waals surface area contributed by atoms with Gasteiger partial charge in [-0.2, -0.15) is 4.72 Å². The molecule has 0 aliphatic carbocycles. The van der Waals surface area contributed by atoms with E-state index in [0.717, 1.165) is 25.9 Å². The van der Waals surface area contributed by atoms with Gasteiger partial charge >= 0.3 is 0 Å². The molecule has 22 heavy (non-hydrogen) atoms. The molecule has 0 saturated carbocycles. The van der Waals surface area contributed by atoms with Crippen molar-refractivity contribution in [1.29, 1.82) is 0 Å².